The number of aromatic nitrogens is 2. The molecule has 0 saturated heterocycles. The smallest absolute Gasteiger partial charge is 0.266 e. The van der Waals surface area contributed by atoms with Crippen molar-refractivity contribution in [1.82, 2.24) is 9.13 Å². The molecule has 0 spiro atoms. The number of aryl methyl sites for hydroxylation is 2. The molecule has 110 heavy (non-hydrogen) atoms. The summed E-state index contributed by atoms with van der Waals surface area (Å²) in [6, 6.07) is 72.1. The third kappa shape index (κ3) is 13.5. The molecule has 2 aromatic heterocycles. The number of ether oxygens (including phenoxy) is 4. The highest BCUT2D eigenvalue weighted by molar-refractivity contribution is 6.42. The summed E-state index contributed by atoms with van der Waals surface area (Å²) in [6.07, 6.45) is 8.49. The van der Waals surface area contributed by atoms with E-state index in [9.17, 15) is 36.7 Å². The molecule has 0 unspecified atom stereocenters. The van der Waals surface area contributed by atoms with Crippen LogP contribution in [0.1, 0.15) is 137 Å². The van der Waals surface area contributed by atoms with Gasteiger partial charge in [0.25, 0.3) is 23.6 Å². The van der Waals surface area contributed by atoms with Crippen LogP contribution in [0.4, 0.5) is 46.0 Å². The summed E-state index contributed by atoms with van der Waals surface area (Å²) in [5.74, 6) is -7.74. The van der Waals surface area contributed by atoms with Crippen LogP contribution in [0.15, 0.2) is 218 Å². The number of halogens is 4. The topological polar surface area (TPSA) is 125 Å². The lowest BCUT2D eigenvalue weighted by atomic mass is 9.85. The average Bonchev–Trinajstić information content (AvgIpc) is 1.58. The average molecular weight is 1470 g/mol. The number of carbonyl (C=O) groups excluding carboxylic acids is 4. The number of carbonyl (C=O) groups is 4. The largest absolute Gasteiger partial charge is 0.494 e. The molecule has 0 N–H and O–H groups in total. The van der Waals surface area contributed by atoms with Crippen LogP contribution in [0.5, 0.6) is 23.0 Å². The number of fused-ring (bicyclic) bond motifs is 6. The van der Waals surface area contributed by atoms with Gasteiger partial charge in [0.2, 0.25) is 0 Å². The van der Waals surface area contributed by atoms with Crippen LogP contribution in [0.25, 0.3) is 76.9 Å². The van der Waals surface area contributed by atoms with Crippen molar-refractivity contribution in [2.24, 2.45) is 0 Å². The highest BCUT2D eigenvalue weighted by atomic mass is 19.2. The fraction of sp³-hybridized carbons (Fsp3) is 0.204. The number of nitrogens with zero attached hydrogens (tertiary/aromatic N) is 5. The van der Waals surface area contributed by atoms with Gasteiger partial charge in [0.1, 0.15) is 28.7 Å². The number of rotatable bonds is 24. The molecule has 0 saturated carbocycles. The Hall–Kier alpha value is -12.5. The summed E-state index contributed by atoms with van der Waals surface area (Å²) < 4.78 is 88.2. The molecule has 554 valence electrons. The van der Waals surface area contributed by atoms with Crippen molar-refractivity contribution in [2.75, 3.05) is 41.1 Å². The van der Waals surface area contributed by atoms with E-state index in [1.54, 1.807) is 18.2 Å². The SMILES string of the molecule is CCCCOc1ccc2c(c1)c1cc(OCCCC)ccc1n2-c1ccc(N(c2ccc(C)cc2)c2ccc(-n3c4ccc(OCCCC)cc4c4cc(OCCCC)ccc43)cc2)cc1.Cc1ccc(-c2cccc(N3C(=O)c4ccc5c6c(ccc(c46)C3=O)C(=O)N(c3c(F)c(F)c(C)c(F)c3F)C5=O)c2)cc1. The molecule has 2 aliphatic rings. The molecular formula is C93H81F4N5O8. The molecule has 12 aromatic carbocycles. The Morgan fingerprint density at radius 3 is 1.00 bits per heavy atom. The van der Waals surface area contributed by atoms with Gasteiger partial charge in [-0.1, -0.05) is 113 Å². The van der Waals surface area contributed by atoms with Gasteiger partial charge in [0.15, 0.2) is 23.3 Å². The Labute approximate surface area is 635 Å². The van der Waals surface area contributed by atoms with Crippen molar-refractivity contribution >= 4 is 106 Å². The summed E-state index contributed by atoms with van der Waals surface area (Å²) in [5, 5.41) is 4.54. The standard InChI is InChI=1S/C59H63N3O4.C34H18F4N2O4/c1-6-10-34-63-48-26-30-56-52(38-48)53-39-49(64-35-11-7-2)27-31-57(53)61(56)46-22-18-44(19-23-46)60(43-16-14-42(5)15-17-43)45-20-24-47(25-21-45)62-58-32-28-50(65-36-12-8-3)40-54(58)55-41-51(29-33-59(55)62)66-37-13-9-4;1-15-6-8-17(9-7-15)18-4-3-5-19(14-18)39-31(41)20-10-12-22-25-23(13-11-21(24(20)25)32(39)42)34(44)40(33(22)43)30-28(37)26(35)16(2)27(36)29(30)38/h14-33,38-41H,6-13,34-37H2,1-5H3;3-14H,1-2H3. The Morgan fingerprint density at radius 1 is 0.327 bits per heavy atom. The summed E-state index contributed by atoms with van der Waals surface area (Å²) in [7, 11) is 0. The molecule has 13 nitrogen and oxygen atoms in total. The summed E-state index contributed by atoms with van der Waals surface area (Å²) in [5.41, 5.74) is 11.1. The van der Waals surface area contributed by atoms with E-state index in [4.69, 9.17) is 18.9 Å². The molecule has 14 aromatic rings. The number of anilines is 5. The first-order valence-corrected chi connectivity index (χ1v) is 37.6. The van der Waals surface area contributed by atoms with Crippen molar-refractivity contribution in [3.05, 3.63) is 281 Å². The van der Waals surface area contributed by atoms with Crippen LogP contribution in [-0.2, 0) is 0 Å². The second kappa shape index (κ2) is 31.0. The third-order valence-corrected chi connectivity index (χ3v) is 20.6. The Kier molecular flexibility index (Phi) is 20.6. The highest BCUT2D eigenvalue weighted by Crippen LogP contribution is 2.45. The minimum atomic E-state index is -1.91. The molecule has 0 aliphatic carbocycles. The van der Waals surface area contributed by atoms with Gasteiger partial charge in [-0.2, -0.15) is 0 Å². The van der Waals surface area contributed by atoms with E-state index in [1.165, 1.54) is 29.8 Å². The van der Waals surface area contributed by atoms with Crippen molar-refractivity contribution in [3.63, 3.8) is 0 Å². The predicted octanol–water partition coefficient (Wildman–Crippen LogP) is 23.7. The number of imide groups is 2. The zero-order valence-corrected chi connectivity index (χ0v) is 62.3. The van der Waals surface area contributed by atoms with Crippen molar-refractivity contribution < 1.29 is 55.7 Å². The lowest BCUT2D eigenvalue weighted by molar-refractivity contribution is 0.0871. The van der Waals surface area contributed by atoms with Crippen LogP contribution < -0.4 is 33.6 Å². The van der Waals surface area contributed by atoms with Crippen LogP contribution in [0, 0.1) is 44.0 Å². The van der Waals surface area contributed by atoms with Crippen LogP contribution in [0.2, 0.25) is 0 Å². The molecule has 0 atom stereocenters. The molecule has 4 amide bonds. The molecule has 0 fully saturated rings. The van der Waals surface area contributed by atoms with Gasteiger partial charge in [-0.25, -0.2) is 27.4 Å². The lowest BCUT2D eigenvalue weighted by Gasteiger charge is -2.32. The zero-order chi connectivity index (χ0) is 76.6. The third-order valence-electron chi connectivity index (χ3n) is 20.6. The maximum absolute atomic E-state index is 14.9. The molecule has 16 rings (SSSR count). The van der Waals surface area contributed by atoms with Crippen molar-refractivity contribution in [2.45, 2.75) is 99.8 Å². The molecular weight excluding hydrogens is 1390 g/mol. The molecule has 0 bridgehead atoms. The molecule has 4 heterocycles. The van der Waals surface area contributed by atoms with Crippen molar-refractivity contribution in [1.29, 1.82) is 0 Å². The van der Waals surface area contributed by atoms with E-state index >= 15 is 0 Å². The predicted molar refractivity (Wildman–Crippen MR) is 430 cm³/mol. The van der Waals surface area contributed by atoms with E-state index in [0.717, 1.165) is 175 Å². The maximum Gasteiger partial charge on any atom is 0.266 e. The first kappa shape index (κ1) is 73.0. The number of amides is 4. The van der Waals surface area contributed by atoms with E-state index in [0.29, 0.717) is 32.1 Å². The second-order valence-electron chi connectivity index (χ2n) is 28.0. The van der Waals surface area contributed by atoms with E-state index < -0.39 is 58.1 Å². The summed E-state index contributed by atoms with van der Waals surface area (Å²) in [4.78, 5) is 58.1. The summed E-state index contributed by atoms with van der Waals surface area (Å²) >= 11 is 0. The first-order chi connectivity index (χ1) is 53.5. The van der Waals surface area contributed by atoms with Gasteiger partial charge in [0, 0.05) is 88.6 Å². The number of benzene rings is 12. The monoisotopic (exact) mass is 1470 g/mol. The summed E-state index contributed by atoms with van der Waals surface area (Å²) in [6.45, 7) is 16.5. The highest BCUT2D eigenvalue weighted by Gasteiger charge is 2.43. The molecule has 17 heteroatoms. The minimum absolute atomic E-state index is 0.0137. The Balaban J connectivity index is 0.000000189. The first-order valence-electron chi connectivity index (χ1n) is 37.6. The number of unbranched alkanes of at least 4 members (excludes halogenated alkanes) is 4. The van der Waals surface area contributed by atoms with Gasteiger partial charge in [-0.15, -0.1) is 0 Å². The fourth-order valence-electron chi connectivity index (χ4n) is 14.7. The second-order valence-corrected chi connectivity index (χ2v) is 28.0. The van der Waals surface area contributed by atoms with Gasteiger partial charge in [-0.05, 0) is 227 Å². The van der Waals surface area contributed by atoms with E-state index in [1.807, 2.05) is 37.3 Å². The zero-order valence-electron chi connectivity index (χ0n) is 62.3. The van der Waals surface area contributed by atoms with Crippen LogP contribution >= 0.6 is 0 Å². The fourth-order valence-corrected chi connectivity index (χ4v) is 14.7. The van der Waals surface area contributed by atoms with E-state index in [2.05, 4.69) is 194 Å². The quantitative estimate of drug-likeness (QED) is 0.0252. The lowest BCUT2D eigenvalue weighted by Crippen LogP contribution is -2.44. The number of hydrogen-bond acceptors (Lipinski definition) is 9. The normalized spacial score (nSPS) is 12.6. The minimum Gasteiger partial charge on any atom is -0.494 e. The molecule has 0 radical (unpaired) electrons. The van der Waals surface area contributed by atoms with E-state index in [-0.39, 0.29) is 37.9 Å². The van der Waals surface area contributed by atoms with Crippen LogP contribution in [0.3, 0.4) is 0 Å². The maximum atomic E-state index is 14.9. The van der Waals surface area contributed by atoms with Gasteiger partial charge < -0.3 is 33.0 Å². The molecule has 2 aliphatic heterocycles. The Bertz CT molecular complexity index is 5510. The Morgan fingerprint density at radius 2 is 0.655 bits per heavy atom. The van der Waals surface area contributed by atoms with Gasteiger partial charge in [-0.3, -0.25) is 19.2 Å². The van der Waals surface area contributed by atoms with Gasteiger partial charge >= 0.3 is 0 Å². The number of hydrogen-bond donors (Lipinski definition) is 0. The van der Waals surface area contributed by atoms with Crippen molar-refractivity contribution in [3.8, 4) is 45.5 Å². The van der Waals surface area contributed by atoms with Crippen LogP contribution in [-0.4, -0.2) is 59.2 Å². The van der Waals surface area contributed by atoms with Gasteiger partial charge in [0.05, 0.1) is 54.2 Å².